The van der Waals surface area contributed by atoms with Gasteiger partial charge in [0.2, 0.25) is 5.76 Å². The van der Waals surface area contributed by atoms with Crippen molar-refractivity contribution in [2.45, 2.75) is 26.7 Å². The normalized spacial score (nSPS) is 13.2. The monoisotopic (exact) mass is 381 g/mol. The van der Waals surface area contributed by atoms with Crippen LogP contribution < -0.4 is 4.74 Å². The molecule has 2 rings (SSSR count). The Labute approximate surface area is 158 Å². The van der Waals surface area contributed by atoms with Crippen molar-refractivity contribution < 1.29 is 23.8 Å². The summed E-state index contributed by atoms with van der Waals surface area (Å²) in [7, 11) is 2.63. The minimum atomic E-state index is -0.584. The first-order valence-corrected chi connectivity index (χ1v) is 8.83. The number of nitrogens with zero attached hydrogens (tertiary/aromatic N) is 1. The van der Waals surface area contributed by atoms with Gasteiger partial charge in [0.1, 0.15) is 5.75 Å². The van der Waals surface area contributed by atoms with Crippen LogP contribution in [0.4, 0.5) is 4.79 Å². The summed E-state index contributed by atoms with van der Waals surface area (Å²) >= 11 is 6.27. The molecule has 0 fully saturated rings. The molecule has 0 N–H and O–H groups in total. The molecule has 0 atom stereocenters. The molecule has 1 aliphatic rings. The van der Waals surface area contributed by atoms with Crippen molar-refractivity contribution in [3.8, 4) is 5.75 Å². The fourth-order valence-corrected chi connectivity index (χ4v) is 2.93. The van der Waals surface area contributed by atoms with Crippen LogP contribution in [-0.2, 0) is 20.7 Å². The maximum Gasteiger partial charge on any atom is 0.409 e. The molecule has 0 spiro atoms. The largest absolute Gasteiger partial charge is 0.463 e. The molecule has 1 amide bonds. The summed E-state index contributed by atoms with van der Waals surface area (Å²) in [6, 6.07) is 5.27. The number of esters is 1. The van der Waals surface area contributed by atoms with Crippen LogP contribution in [0.15, 0.2) is 29.5 Å². The summed E-state index contributed by atoms with van der Waals surface area (Å²) < 4.78 is 15.5. The second kappa shape index (κ2) is 8.94. The van der Waals surface area contributed by atoms with E-state index >= 15 is 0 Å². The highest BCUT2D eigenvalue weighted by atomic mass is 35.5. The summed E-state index contributed by atoms with van der Waals surface area (Å²) in [6.07, 6.45) is 0.760. The molecule has 1 aliphatic heterocycles. The van der Waals surface area contributed by atoms with E-state index in [2.05, 4.69) is 13.8 Å². The van der Waals surface area contributed by atoms with Crippen molar-refractivity contribution >= 4 is 23.7 Å². The van der Waals surface area contributed by atoms with E-state index in [1.807, 2.05) is 0 Å². The highest BCUT2D eigenvalue weighted by Gasteiger charge is 2.29. The number of halogens is 1. The summed E-state index contributed by atoms with van der Waals surface area (Å²) in [5.41, 5.74) is 1.41. The molecule has 0 saturated carbocycles. The van der Waals surface area contributed by atoms with Crippen LogP contribution in [0.1, 0.15) is 25.8 Å². The lowest BCUT2D eigenvalue weighted by Crippen LogP contribution is -2.36. The Kier molecular flexibility index (Phi) is 6.91. The predicted octanol–water partition coefficient (Wildman–Crippen LogP) is 3.82. The van der Waals surface area contributed by atoms with Gasteiger partial charge in [0, 0.05) is 35.7 Å². The lowest BCUT2D eigenvalue weighted by Gasteiger charge is -2.28. The highest BCUT2D eigenvalue weighted by molar-refractivity contribution is 6.31. The maximum atomic E-state index is 12.2. The highest BCUT2D eigenvalue weighted by Crippen LogP contribution is 2.35. The summed E-state index contributed by atoms with van der Waals surface area (Å²) in [5.74, 6) is 0.461. The van der Waals surface area contributed by atoms with Gasteiger partial charge in [0.25, 0.3) is 0 Å². The van der Waals surface area contributed by atoms with Gasteiger partial charge >= 0.3 is 12.1 Å². The number of methoxy groups -OCH3 is 2. The molecule has 26 heavy (non-hydrogen) atoms. The first-order chi connectivity index (χ1) is 12.4. The minimum Gasteiger partial charge on any atom is -0.463 e. The van der Waals surface area contributed by atoms with Gasteiger partial charge in [-0.25, -0.2) is 9.59 Å². The average Bonchev–Trinajstić information content (AvgIpc) is 2.63. The first-order valence-electron chi connectivity index (χ1n) is 8.45. The van der Waals surface area contributed by atoms with E-state index in [1.165, 1.54) is 14.2 Å². The second-order valence-electron chi connectivity index (χ2n) is 6.49. The van der Waals surface area contributed by atoms with Gasteiger partial charge in [-0.05, 0) is 24.5 Å². The van der Waals surface area contributed by atoms with Gasteiger partial charge in [0.05, 0.1) is 14.2 Å². The number of hydrogen-bond acceptors (Lipinski definition) is 5. The molecule has 0 radical (unpaired) electrons. The number of amides is 1. The standard InChI is InChI=1S/C19H24ClNO5/c1-12(2)8-9-21(19(23)25-4)11-13-10-14-15(20)6-5-7-16(14)26-17(13)18(22)24-3/h5-7,12H,8-11H2,1-4H3. The molecule has 1 aromatic carbocycles. The fraction of sp³-hybridized carbons (Fsp3) is 0.474. The van der Waals surface area contributed by atoms with Crippen molar-refractivity contribution in [2.24, 2.45) is 5.92 Å². The zero-order chi connectivity index (χ0) is 19.3. The van der Waals surface area contributed by atoms with Gasteiger partial charge in [0.15, 0.2) is 0 Å². The number of carbonyl (C=O) groups is 2. The van der Waals surface area contributed by atoms with E-state index in [0.29, 0.717) is 35.2 Å². The van der Waals surface area contributed by atoms with E-state index in [0.717, 1.165) is 12.0 Å². The Morgan fingerprint density at radius 2 is 2.00 bits per heavy atom. The van der Waals surface area contributed by atoms with Gasteiger partial charge in [-0.15, -0.1) is 0 Å². The average molecular weight is 382 g/mol. The summed E-state index contributed by atoms with van der Waals surface area (Å²) in [6.45, 7) is 4.87. The number of carbonyl (C=O) groups excluding carboxylic acids is 2. The van der Waals surface area contributed by atoms with E-state index in [-0.39, 0.29) is 12.3 Å². The lowest BCUT2D eigenvalue weighted by molar-refractivity contribution is -0.138. The number of hydrogen-bond donors (Lipinski definition) is 0. The van der Waals surface area contributed by atoms with Crippen molar-refractivity contribution in [3.63, 3.8) is 0 Å². The fourth-order valence-electron chi connectivity index (χ4n) is 2.70. The van der Waals surface area contributed by atoms with Crippen molar-refractivity contribution in [1.82, 2.24) is 4.90 Å². The number of ether oxygens (including phenoxy) is 3. The van der Waals surface area contributed by atoms with Crippen molar-refractivity contribution in [3.05, 3.63) is 40.1 Å². The van der Waals surface area contributed by atoms with Gasteiger partial charge < -0.3 is 19.1 Å². The van der Waals surface area contributed by atoms with E-state index in [4.69, 9.17) is 25.8 Å². The summed E-state index contributed by atoms with van der Waals surface area (Å²) in [5, 5.41) is 0.552. The number of benzene rings is 1. The van der Waals surface area contributed by atoms with E-state index in [1.54, 1.807) is 23.1 Å². The molecule has 1 aromatic rings. The van der Waals surface area contributed by atoms with E-state index < -0.39 is 12.1 Å². The van der Waals surface area contributed by atoms with Crippen molar-refractivity contribution in [1.29, 1.82) is 0 Å². The van der Waals surface area contributed by atoms with Crippen LogP contribution in [0.3, 0.4) is 0 Å². The van der Waals surface area contributed by atoms with Crippen molar-refractivity contribution in [2.75, 3.05) is 27.3 Å². The van der Waals surface area contributed by atoms with Crippen LogP contribution in [0.5, 0.6) is 5.75 Å². The third-order valence-corrected chi connectivity index (χ3v) is 4.51. The van der Waals surface area contributed by atoms with Gasteiger partial charge in [-0.1, -0.05) is 31.5 Å². The third kappa shape index (κ3) is 4.69. The summed E-state index contributed by atoms with van der Waals surface area (Å²) in [4.78, 5) is 25.9. The predicted molar refractivity (Wildman–Crippen MR) is 98.3 cm³/mol. The molecule has 7 heteroatoms. The van der Waals surface area contributed by atoms with Gasteiger partial charge in [-0.3, -0.25) is 0 Å². The topological polar surface area (TPSA) is 65.1 Å². The Morgan fingerprint density at radius 3 is 2.62 bits per heavy atom. The lowest BCUT2D eigenvalue weighted by atomic mass is 9.99. The van der Waals surface area contributed by atoms with Crippen LogP contribution in [-0.4, -0.2) is 44.3 Å². The number of rotatable bonds is 6. The van der Waals surface area contributed by atoms with Crippen LogP contribution >= 0.6 is 11.6 Å². The Balaban J connectivity index is 2.33. The Morgan fingerprint density at radius 1 is 1.27 bits per heavy atom. The first kappa shape index (κ1) is 20.1. The molecular formula is C19H24ClNO5. The van der Waals surface area contributed by atoms with Crippen LogP contribution in [0.2, 0.25) is 5.02 Å². The molecule has 6 nitrogen and oxygen atoms in total. The Bertz CT molecular complexity index is 714. The van der Waals surface area contributed by atoms with E-state index in [9.17, 15) is 9.59 Å². The minimum absolute atomic E-state index is 0.0979. The SMILES string of the molecule is COC(=O)C1=C(CN(CCC(C)C)C(=O)OC)Cc2c(Cl)cccc2O1. The molecule has 0 unspecified atom stereocenters. The molecule has 0 aliphatic carbocycles. The molecule has 1 heterocycles. The van der Waals surface area contributed by atoms with Gasteiger partial charge in [-0.2, -0.15) is 0 Å². The number of fused-ring (bicyclic) bond motifs is 1. The Hall–Kier alpha value is -2.21. The zero-order valence-electron chi connectivity index (χ0n) is 15.5. The van der Waals surface area contributed by atoms with Crippen LogP contribution in [0, 0.1) is 5.92 Å². The smallest absolute Gasteiger partial charge is 0.409 e. The van der Waals surface area contributed by atoms with Crippen LogP contribution in [0.25, 0.3) is 0 Å². The molecule has 0 saturated heterocycles. The zero-order valence-corrected chi connectivity index (χ0v) is 16.3. The second-order valence-corrected chi connectivity index (χ2v) is 6.90. The maximum absolute atomic E-state index is 12.2. The molecular weight excluding hydrogens is 358 g/mol. The third-order valence-electron chi connectivity index (χ3n) is 4.16. The quantitative estimate of drug-likeness (QED) is 0.701. The molecule has 0 bridgehead atoms. The molecule has 0 aromatic heterocycles. The molecule has 142 valence electrons.